The van der Waals surface area contributed by atoms with E-state index in [0.29, 0.717) is 16.7 Å². The number of nitriles is 1. The van der Waals surface area contributed by atoms with Crippen molar-refractivity contribution in [1.29, 1.82) is 5.26 Å². The molecule has 0 aliphatic carbocycles. The van der Waals surface area contributed by atoms with E-state index in [4.69, 9.17) is 0 Å². The highest BCUT2D eigenvalue weighted by Gasteiger charge is 2.15. The maximum Gasteiger partial charge on any atom is 0.158 e. The van der Waals surface area contributed by atoms with E-state index in [0.717, 1.165) is 5.69 Å². The number of halogens is 1. The van der Waals surface area contributed by atoms with Crippen molar-refractivity contribution in [2.75, 3.05) is 19.0 Å². The number of fused-ring (bicyclic) bond motifs is 3. The Bertz CT molecular complexity index is 827. The summed E-state index contributed by atoms with van der Waals surface area (Å²) < 4.78 is 15.5. The largest absolute Gasteiger partial charge is 0.376 e. The van der Waals surface area contributed by atoms with Crippen LogP contribution < -0.4 is 4.90 Å². The smallest absolute Gasteiger partial charge is 0.158 e. The first-order valence-electron chi connectivity index (χ1n) is 5.80. The van der Waals surface area contributed by atoms with Crippen LogP contribution in [0.5, 0.6) is 0 Å². The Hall–Kier alpha value is -2.61. The molecule has 2 heterocycles. The van der Waals surface area contributed by atoms with Crippen molar-refractivity contribution in [1.82, 2.24) is 9.38 Å². The molecule has 2 aromatic heterocycles. The molecular weight excluding hydrogens is 243 g/mol. The van der Waals surface area contributed by atoms with Crippen LogP contribution in [0.1, 0.15) is 5.56 Å². The third-order valence-corrected chi connectivity index (χ3v) is 3.13. The van der Waals surface area contributed by atoms with Gasteiger partial charge in [0.1, 0.15) is 17.1 Å². The van der Waals surface area contributed by atoms with Crippen molar-refractivity contribution in [2.24, 2.45) is 0 Å². The molecule has 0 aliphatic heterocycles. The summed E-state index contributed by atoms with van der Waals surface area (Å²) in [5, 5.41) is 9.34. The van der Waals surface area contributed by atoms with Crippen LogP contribution >= 0.6 is 0 Å². The van der Waals surface area contributed by atoms with Gasteiger partial charge in [0, 0.05) is 20.3 Å². The third-order valence-electron chi connectivity index (χ3n) is 3.13. The molecule has 0 atom stereocenters. The molecule has 0 bridgehead atoms. The standard InChI is InChI=1S/C14H11FN4/c1-18(2)11-6-7-19-12-5-3-4-10(15)13(12)17-14(19)9(11)8-16/h3-7H,1-2H3. The summed E-state index contributed by atoms with van der Waals surface area (Å²) in [5.74, 6) is -0.378. The van der Waals surface area contributed by atoms with E-state index in [1.54, 1.807) is 22.7 Å². The second kappa shape index (κ2) is 3.95. The number of para-hydroxylation sites is 1. The predicted molar refractivity (Wildman–Crippen MR) is 71.7 cm³/mol. The number of hydrogen-bond acceptors (Lipinski definition) is 3. The SMILES string of the molecule is CN(C)c1ccn2c(nc3c(F)cccc32)c1C#N. The summed E-state index contributed by atoms with van der Waals surface area (Å²) >= 11 is 0. The van der Waals surface area contributed by atoms with Gasteiger partial charge < -0.3 is 4.90 Å². The molecule has 0 aliphatic rings. The van der Waals surface area contributed by atoms with Gasteiger partial charge in [-0.1, -0.05) is 6.07 Å². The fraction of sp³-hybridized carbons (Fsp3) is 0.143. The van der Waals surface area contributed by atoms with Gasteiger partial charge in [-0.25, -0.2) is 9.37 Å². The summed E-state index contributed by atoms with van der Waals surface area (Å²) in [6.45, 7) is 0. The number of hydrogen-bond donors (Lipinski definition) is 0. The molecule has 0 radical (unpaired) electrons. The maximum atomic E-state index is 13.8. The van der Waals surface area contributed by atoms with E-state index in [9.17, 15) is 9.65 Å². The Morgan fingerprint density at radius 2 is 2.11 bits per heavy atom. The molecule has 0 unspecified atom stereocenters. The first kappa shape index (κ1) is 11.5. The zero-order valence-electron chi connectivity index (χ0n) is 10.6. The minimum Gasteiger partial charge on any atom is -0.376 e. The molecule has 19 heavy (non-hydrogen) atoms. The van der Waals surface area contributed by atoms with Crippen LogP contribution in [0.4, 0.5) is 10.1 Å². The molecule has 4 nitrogen and oxygen atoms in total. The lowest BCUT2D eigenvalue weighted by atomic mass is 10.2. The number of nitrogens with zero attached hydrogens (tertiary/aromatic N) is 4. The van der Waals surface area contributed by atoms with Crippen LogP contribution in [0, 0.1) is 17.1 Å². The molecular formula is C14H11FN4. The summed E-state index contributed by atoms with van der Waals surface area (Å²) in [4.78, 5) is 6.11. The van der Waals surface area contributed by atoms with Gasteiger partial charge in [-0.3, -0.25) is 4.40 Å². The van der Waals surface area contributed by atoms with E-state index in [1.165, 1.54) is 6.07 Å². The van der Waals surface area contributed by atoms with Crippen LogP contribution in [0.2, 0.25) is 0 Å². The number of rotatable bonds is 1. The molecule has 0 saturated heterocycles. The highest BCUT2D eigenvalue weighted by molar-refractivity contribution is 5.85. The normalized spacial score (nSPS) is 10.8. The monoisotopic (exact) mass is 254 g/mol. The highest BCUT2D eigenvalue weighted by atomic mass is 19.1. The molecule has 3 aromatic rings. The lowest BCUT2D eigenvalue weighted by Gasteiger charge is -2.14. The molecule has 3 rings (SSSR count). The van der Waals surface area contributed by atoms with Gasteiger partial charge in [0.25, 0.3) is 0 Å². The summed E-state index contributed by atoms with van der Waals surface area (Å²) in [6.07, 6.45) is 1.81. The van der Waals surface area contributed by atoms with Crippen LogP contribution in [0.15, 0.2) is 30.5 Å². The van der Waals surface area contributed by atoms with Crippen molar-refractivity contribution in [2.45, 2.75) is 0 Å². The zero-order valence-corrected chi connectivity index (χ0v) is 10.6. The van der Waals surface area contributed by atoms with E-state index in [-0.39, 0.29) is 11.3 Å². The van der Waals surface area contributed by atoms with Crippen LogP contribution in [0.3, 0.4) is 0 Å². The van der Waals surface area contributed by atoms with Gasteiger partial charge in [-0.2, -0.15) is 5.26 Å². The van der Waals surface area contributed by atoms with Crippen molar-refractivity contribution < 1.29 is 4.39 Å². The van der Waals surface area contributed by atoms with Crippen molar-refractivity contribution >= 4 is 22.4 Å². The average molecular weight is 254 g/mol. The summed E-state index contributed by atoms with van der Waals surface area (Å²) in [7, 11) is 3.71. The number of pyridine rings is 1. The van der Waals surface area contributed by atoms with Gasteiger partial charge in [0.15, 0.2) is 11.5 Å². The second-order valence-electron chi connectivity index (χ2n) is 4.50. The minimum absolute atomic E-state index is 0.287. The van der Waals surface area contributed by atoms with E-state index in [2.05, 4.69) is 11.1 Å². The third kappa shape index (κ3) is 1.54. The number of anilines is 1. The Labute approximate surface area is 109 Å². The Morgan fingerprint density at radius 1 is 1.32 bits per heavy atom. The predicted octanol–water partition coefficient (Wildman–Crippen LogP) is 2.56. The highest BCUT2D eigenvalue weighted by Crippen LogP contribution is 2.26. The molecule has 0 fully saturated rings. The minimum atomic E-state index is -0.378. The van der Waals surface area contributed by atoms with Gasteiger partial charge in [-0.05, 0) is 18.2 Å². The molecule has 1 aromatic carbocycles. The quantitative estimate of drug-likeness (QED) is 0.670. The number of benzene rings is 1. The van der Waals surface area contributed by atoms with Crippen molar-refractivity contribution in [3.63, 3.8) is 0 Å². The number of aromatic nitrogens is 2. The lowest BCUT2D eigenvalue weighted by Crippen LogP contribution is -2.11. The molecule has 0 amide bonds. The van der Waals surface area contributed by atoms with Gasteiger partial charge >= 0.3 is 0 Å². The van der Waals surface area contributed by atoms with E-state index in [1.807, 2.05) is 25.1 Å². The van der Waals surface area contributed by atoms with Gasteiger partial charge in [-0.15, -0.1) is 0 Å². The summed E-state index contributed by atoms with van der Waals surface area (Å²) in [5.41, 5.74) is 2.65. The van der Waals surface area contributed by atoms with E-state index >= 15 is 0 Å². The Balaban J connectivity index is 2.51. The van der Waals surface area contributed by atoms with Crippen LogP contribution in [-0.2, 0) is 0 Å². The second-order valence-corrected chi connectivity index (χ2v) is 4.50. The van der Waals surface area contributed by atoms with Crippen molar-refractivity contribution in [3.05, 3.63) is 41.8 Å². The fourth-order valence-corrected chi connectivity index (χ4v) is 2.23. The molecule has 5 heteroatoms. The molecule has 94 valence electrons. The number of imidazole rings is 1. The zero-order chi connectivity index (χ0) is 13.6. The molecule has 0 saturated carbocycles. The lowest BCUT2D eigenvalue weighted by molar-refractivity contribution is 0.637. The van der Waals surface area contributed by atoms with Crippen LogP contribution in [0.25, 0.3) is 16.7 Å². The Kier molecular flexibility index (Phi) is 2.39. The van der Waals surface area contributed by atoms with Crippen LogP contribution in [-0.4, -0.2) is 23.5 Å². The first-order valence-corrected chi connectivity index (χ1v) is 5.80. The van der Waals surface area contributed by atoms with Gasteiger partial charge in [0.2, 0.25) is 0 Å². The average Bonchev–Trinajstić information content (AvgIpc) is 2.77. The maximum absolute atomic E-state index is 13.8. The van der Waals surface area contributed by atoms with Crippen molar-refractivity contribution in [3.8, 4) is 6.07 Å². The summed E-state index contributed by atoms with van der Waals surface area (Å²) in [6, 6.07) is 8.78. The molecule has 0 spiro atoms. The fourth-order valence-electron chi connectivity index (χ4n) is 2.23. The molecule has 0 N–H and O–H groups in total. The topological polar surface area (TPSA) is 44.3 Å². The van der Waals surface area contributed by atoms with Gasteiger partial charge in [0.05, 0.1) is 11.2 Å². The van der Waals surface area contributed by atoms with E-state index < -0.39 is 0 Å². The first-order chi connectivity index (χ1) is 9.13. The Morgan fingerprint density at radius 3 is 2.79 bits per heavy atom.